The van der Waals surface area contributed by atoms with Crippen LogP contribution < -0.4 is 5.32 Å². The summed E-state index contributed by atoms with van der Waals surface area (Å²) in [4.78, 5) is 14.3. The van der Waals surface area contributed by atoms with Gasteiger partial charge in [-0.2, -0.15) is 0 Å². The number of nitrogens with zero attached hydrogens (tertiary/aromatic N) is 2. The summed E-state index contributed by atoms with van der Waals surface area (Å²) in [5.74, 6) is 0. The van der Waals surface area contributed by atoms with Gasteiger partial charge in [-0.15, -0.1) is 0 Å². The van der Waals surface area contributed by atoms with Crippen LogP contribution in [0, 0.1) is 0 Å². The highest BCUT2D eigenvalue weighted by Crippen LogP contribution is 2.23. The van der Waals surface area contributed by atoms with E-state index in [9.17, 15) is 4.79 Å². The predicted octanol–water partition coefficient (Wildman–Crippen LogP) is 3.41. The monoisotopic (exact) mass is 319 g/mol. The van der Waals surface area contributed by atoms with Crippen molar-refractivity contribution in [3.05, 3.63) is 71.9 Å². The van der Waals surface area contributed by atoms with Gasteiger partial charge in [0, 0.05) is 30.8 Å². The Morgan fingerprint density at radius 3 is 2.67 bits per heavy atom. The van der Waals surface area contributed by atoms with Gasteiger partial charge < -0.3 is 14.8 Å². The summed E-state index contributed by atoms with van der Waals surface area (Å²) in [7, 11) is 0. The van der Waals surface area contributed by atoms with Crippen molar-refractivity contribution in [1.29, 1.82) is 0 Å². The van der Waals surface area contributed by atoms with Crippen LogP contribution in [0.5, 0.6) is 0 Å². The third kappa shape index (κ3) is 2.87. The molecule has 3 aromatic rings. The van der Waals surface area contributed by atoms with E-state index in [4.69, 9.17) is 0 Å². The number of amides is 2. The van der Waals surface area contributed by atoms with Gasteiger partial charge in [0.25, 0.3) is 0 Å². The van der Waals surface area contributed by atoms with E-state index in [1.165, 1.54) is 22.2 Å². The summed E-state index contributed by atoms with van der Waals surface area (Å²) in [5.41, 5.74) is 3.72. The molecule has 1 N–H and O–H groups in total. The zero-order valence-electron chi connectivity index (χ0n) is 13.6. The van der Waals surface area contributed by atoms with Crippen molar-refractivity contribution in [2.45, 2.75) is 19.5 Å². The maximum absolute atomic E-state index is 12.4. The Balaban J connectivity index is 1.38. The lowest BCUT2D eigenvalue weighted by atomic mass is 10.1. The van der Waals surface area contributed by atoms with E-state index in [1.807, 2.05) is 23.1 Å². The van der Waals surface area contributed by atoms with Crippen molar-refractivity contribution in [2.75, 3.05) is 13.1 Å². The summed E-state index contributed by atoms with van der Waals surface area (Å²) >= 11 is 0. The van der Waals surface area contributed by atoms with Crippen LogP contribution in [0.2, 0.25) is 0 Å². The number of aromatic nitrogens is 1. The first-order valence-electron chi connectivity index (χ1n) is 8.45. The first-order chi connectivity index (χ1) is 11.8. The molecule has 0 radical (unpaired) electrons. The van der Waals surface area contributed by atoms with Crippen LogP contribution in [0.3, 0.4) is 0 Å². The van der Waals surface area contributed by atoms with Crippen molar-refractivity contribution >= 4 is 16.9 Å². The Bertz CT molecular complexity index is 854. The largest absolute Gasteiger partial charge is 0.341 e. The number of nitrogens with one attached hydrogen (secondary N) is 1. The number of fused-ring (bicyclic) bond motifs is 3. The zero-order chi connectivity index (χ0) is 16.4. The lowest BCUT2D eigenvalue weighted by Crippen LogP contribution is -2.44. The van der Waals surface area contributed by atoms with Gasteiger partial charge in [0.15, 0.2) is 0 Å². The van der Waals surface area contributed by atoms with Gasteiger partial charge in [0.1, 0.15) is 0 Å². The van der Waals surface area contributed by atoms with E-state index >= 15 is 0 Å². The van der Waals surface area contributed by atoms with Gasteiger partial charge in [0.2, 0.25) is 0 Å². The third-order valence-electron chi connectivity index (χ3n) is 4.66. The topological polar surface area (TPSA) is 37.3 Å². The molecule has 4 heteroatoms. The summed E-state index contributed by atoms with van der Waals surface area (Å²) in [6.07, 6.45) is 0.862. The van der Waals surface area contributed by atoms with Crippen LogP contribution in [0.4, 0.5) is 4.79 Å². The second kappa shape index (κ2) is 6.40. The Labute approximate surface area is 141 Å². The molecule has 2 heterocycles. The Hall–Kier alpha value is -2.75. The number of urea groups is 1. The Kier molecular flexibility index (Phi) is 3.95. The molecule has 0 fully saturated rings. The van der Waals surface area contributed by atoms with Gasteiger partial charge >= 0.3 is 6.03 Å². The number of hydrogen-bond donors (Lipinski definition) is 1. The van der Waals surface area contributed by atoms with E-state index in [0.717, 1.165) is 19.5 Å². The van der Waals surface area contributed by atoms with Gasteiger partial charge in [-0.3, -0.25) is 0 Å². The van der Waals surface area contributed by atoms with Crippen LogP contribution in [-0.2, 0) is 19.5 Å². The van der Waals surface area contributed by atoms with Crippen molar-refractivity contribution in [2.24, 2.45) is 0 Å². The van der Waals surface area contributed by atoms with E-state index in [2.05, 4.69) is 52.3 Å². The highest BCUT2D eigenvalue weighted by molar-refractivity contribution is 5.82. The molecule has 4 rings (SSSR count). The Morgan fingerprint density at radius 1 is 1.00 bits per heavy atom. The molecule has 2 amide bonds. The van der Waals surface area contributed by atoms with E-state index in [-0.39, 0.29) is 6.03 Å². The van der Waals surface area contributed by atoms with Gasteiger partial charge in [-0.1, -0.05) is 48.5 Å². The first-order valence-corrected chi connectivity index (χ1v) is 8.45. The maximum Gasteiger partial charge on any atom is 0.317 e. The molecule has 0 bridgehead atoms. The lowest BCUT2D eigenvalue weighted by Gasteiger charge is -2.29. The second-order valence-corrected chi connectivity index (χ2v) is 6.24. The molecule has 122 valence electrons. The normalized spacial score (nSPS) is 13.8. The number of carbonyl (C=O) groups excluding carboxylic acids is 1. The van der Waals surface area contributed by atoms with Crippen LogP contribution in [0.1, 0.15) is 11.3 Å². The number of rotatable bonds is 3. The van der Waals surface area contributed by atoms with Gasteiger partial charge in [-0.25, -0.2) is 4.79 Å². The van der Waals surface area contributed by atoms with Crippen molar-refractivity contribution in [3.8, 4) is 0 Å². The van der Waals surface area contributed by atoms with Gasteiger partial charge in [-0.05, 0) is 29.5 Å². The van der Waals surface area contributed by atoms with Gasteiger partial charge in [0.05, 0.1) is 6.54 Å². The molecule has 1 aliphatic heterocycles. The molecule has 1 aromatic heterocycles. The predicted molar refractivity (Wildman–Crippen MR) is 95.9 cm³/mol. The van der Waals surface area contributed by atoms with Crippen LogP contribution >= 0.6 is 0 Å². The second-order valence-electron chi connectivity index (χ2n) is 6.24. The standard InChI is InChI=1S/C20H21N3O/c24-20(21-11-10-16-6-2-1-3-7-16)22-12-13-23-18(15-22)14-17-8-4-5-9-19(17)23/h1-9,14H,10-13,15H2,(H,21,24). The van der Waals surface area contributed by atoms with Crippen molar-refractivity contribution in [3.63, 3.8) is 0 Å². The zero-order valence-corrected chi connectivity index (χ0v) is 13.6. The summed E-state index contributed by atoms with van der Waals surface area (Å²) in [5, 5.41) is 4.29. The molecule has 1 aliphatic rings. The minimum atomic E-state index is 0.0300. The highest BCUT2D eigenvalue weighted by atomic mass is 16.2. The van der Waals surface area contributed by atoms with Crippen molar-refractivity contribution < 1.29 is 4.79 Å². The maximum atomic E-state index is 12.4. The molecule has 0 saturated heterocycles. The van der Waals surface area contributed by atoms with Crippen LogP contribution in [0.15, 0.2) is 60.7 Å². The Morgan fingerprint density at radius 2 is 1.79 bits per heavy atom. The molecule has 0 saturated carbocycles. The van der Waals surface area contributed by atoms with Crippen LogP contribution in [-0.4, -0.2) is 28.6 Å². The SMILES string of the molecule is O=C(NCCc1ccccc1)N1CCn2c(cc3ccccc32)C1. The number of hydrogen-bond acceptors (Lipinski definition) is 1. The third-order valence-corrected chi connectivity index (χ3v) is 4.66. The average molecular weight is 319 g/mol. The molecule has 0 aliphatic carbocycles. The van der Waals surface area contributed by atoms with E-state index in [0.29, 0.717) is 13.1 Å². The fraction of sp³-hybridized carbons (Fsp3) is 0.250. The fourth-order valence-electron chi connectivity index (χ4n) is 3.40. The molecule has 0 spiro atoms. The number of carbonyl (C=O) groups is 1. The molecule has 0 atom stereocenters. The highest BCUT2D eigenvalue weighted by Gasteiger charge is 2.21. The summed E-state index contributed by atoms with van der Waals surface area (Å²) < 4.78 is 2.32. The molecule has 2 aromatic carbocycles. The summed E-state index contributed by atoms with van der Waals surface area (Å²) in [6.45, 7) is 2.95. The minimum Gasteiger partial charge on any atom is -0.341 e. The lowest BCUT2D eigenvalue weighted by molar-refractivity contribution is 0.184. The van der Waals surface area contributed by atoms with E-state index in [1.54, 1.807) is 0 Å². The summed E-state index contributed by atoms with van der Waals surface area (Å²) in [6, 6.07) is 20.9. The smallest absolute Gasteiger partial charge is 0.317 e. The van der Waals surface area contributed by atoms with E-state index < -0.39 is 0 Å². The molecule has 4 nitrogen and oxygen atoms in total. The molecular formula is C20H21N3O. The van der Waals surface area contributed by atoms with Crippen molar-refractivity contribution in [1.82, 2.24) is 14.8 Å². The quantitative estimate of drug-likeness (QED) is 0.789. The average Bonchev–Trinajstić information content (AvgIpc) is 3.00. The molecular weight excluding hydrogens is 298 g/mol. The fourth-order valence-corrected chi connectivity index (χ4v) is 3.40. The van der Waals surface area contributed by atoms with Crippen LogP contribution in [0.25, 0.3) is 10.9 Å². The minimum absolute atomic E-state index is 0.0300. The molecule has 24 heavy (non-hydrogen) atoms. The first kappa shape index (κ1) is 14.8. The molecule has 0 unspecified atom stereocenters. The number of benzene rings is 2. The number of para-hydroxylation sites is 1.